The fraction of sp³-hybridized carbons (Fsp3) is 0.417. The third-order valence-corrected chi connectivity index (χ3v) is 3.36. The van der Waals surface area contributed by atoms with E-state index in [1.807, 2.05) is 0 Å². The van der Waals surface area contributed by atoms with Gasteiger partial charge in [0.15, 0.2) is 0 Å². The number of pyridine rings is 1. The highest BCUT2D eigenvalue weighted by molar-refractivity contribution is 9.10. The summed E-state index contributed by atoms with van der Waals surface area (Å²) in [4.78, 5) is 29.5. The molecule has 2 heterocycles. The molecule has 6 heteroatoms. The Hall–Kier alpha value is -1.43. The zero-order valence-corrected chi connectivity index (χ0v) is 11.5. The average Bonchev–Trinajstić information content (AvgIpc) is 2.86. The number of amides is 1. The van der Waals surface area contributed by atoms with Crippen molar-refractivity contribution in [3.05, 3.63) is 28.5 Å². The molecule has 5 nitrogen and oxygen atoms in total. The van der Waals surface area contributed by atoms with E-state index in [2.05, 4.69) is 20.9 Å². The number of hydrogen-bond acceptors (Lipinski definition) is 4. The van der Waals surface area contributed by atoms with E-state index in [1.165, 1.54) is 12.0 Å². The van der Waals surface area contributed by atoms with Crippen molar-refractivity contribution in [1.29, 1.82) is 0 Å². The molecule has 1 saturated heterocycles. The number of methoxy groups -OCH3 is 1. The molecule has 0 bridgehead atoms. The Morgan fingerprint density at radius 1 is 1.50 bits per heavy atom. The van der Waals surface area contributed by atoms with E-state index in [4.69, 9.17) is 4.74 Å². The molecule has 1 fully saturated rings. The van der Waals surface area contributed by atoms with Gasteiger partial charge in [-0.15, -0.1) is 0 Å². The van der Waals surface area contributed by atoms with Gasteiger partial charge in [0.25, 0.3) is 5.91 Å². The third-order valence-electron chi connectivity index (χ3n) is 2.92. The Balaban J connectivity index is 2.20. The smallest absolute Gasteiger partial charge is 0.328 e. The van der Waals surface area contributed by atoms with E-state index in [-0.39, 0.29) is 11.9 Å². The molecule has 1 unspecified atom stereocenters. The summed E-state index contributed by atoms with van der Waals surface area (Å²) in [5, 5.41) is 0. The van der Waals surface area contributed by atoms with Crippen molar-refractivity contribution in [3.8, 4) is 0 Å². The zero-order valence-electron chi connectivity index (χ0n) is 9.93. The van der Waals surface area contributed by atoms with Crippen molar-refractivity contribution in [2.75, 3.05) is 13.7 Å². The zero-order chi connectivity index (χ0) is 13.1. The van der Waals surface area contributed by atoms with Gasteiger partial charge in [0.2, 0.25) is 0 Å². The minimum Gasteiger partial charge on any atom is -0.467 e. The normalized spacial score (nSPS) is 18.8. The Morgan fingerprint density at radius 2 is 2.28 bits per heavy atom. The molecule has 1 aliphatic rings. The summed E-state index contributed by atoms with van der Waals surface area (Å²) in [5.41, 5.74) is 0.333. The Bertz CT molecular complexity index is 478. The molecule has 0 saturated carbocycles. The van der Waals surface area contributed by atoms with Gasteiger partial charge in [0.05, 0.1) is 7.11 Å². The number of nitrogens with zero attached hydrogens (tertiary/aromatic N) is 2. The quantitative estimate of drug-likeness (QED) is 0.615. The minimum atomic E-state index is -0.483. The van der Waals surface area contributed by atoms with Gasteiger partial charge in [-0.3, -0.25) is 4.79 Å². The van der Waals surface area contributed by atoms with Crippen LogP contribution in [-0.4, -0.2) is 41.5 Å². The lowest BCUT2D eigenvalue weighted by Gasteiger charge is -2.22. The lowest BCUT2D eigenvalue weighted by Crippen LogP contribution is -2.41. The molecule has 0 radical (unpaired) electrons. The topological polar surface area (TPSA) is 59.5 Å². The summed E-state index contributed by atoms with van der Waals surface area (Å²) in [7, 11) is 1.33. The van der Waals surface area contributed by atoms with Crippen molar-refractivity contribution in [3.63, 3.8) is 0 Å². The van der Waals surface area contributed by atoms with Gasteiger partial charge in [-0.05, 0) is 40.9 Å². The van der Waals surface area contributed by atoms with Gasteiger partial charge < -0.3 is 9.64 Å². The van der Waals surface area contributed by atoms with Crippen molar-refractivity contribution in [2.45, 2.75) is 18.9 Å². The highest BCUT2D eigenvalue weighted by Crippen LogP contribution is 2.21. The predicted molar refractivity (Wildman–Crippen MR) is 68.0 cm³/mol. The van der Waals surface area contributed by atoms with Crippen LogP contribution in [0.3, 0.4) is 0 Å². The van der Waals surface area contributed by atoms with Crippen molar-refractivity contribution in [1.82, 2.24) is 9.88 Å². The largest absolute Gasteiger partial charge is 0.467 e. The number of esters is 1. The minimum absolute atomic E-state index is 0.232. The first kappa shape index (κ1) is 13.0. The number of aromatic nitrogens is 1. The van der Waals surface area contributed by atoms with Crippen LogP contribution >= 0.6 is 15.9 Å². The van der Waals surface area contributed by atoms with Crippen molar-refractivity contribution >= 4 is 27.8 Å². The Labute approximate surface area is 113 Å². The second-order valence-corrected chi connectivity index (χ2v) is 4.84. The van der Waals surface area contributed by atoms with Gasteiger partial charge in [0, 0.05) is 6.54 Å². The molecular formula is C12H13BrN2O3. The summed E-state index contributed by atoms with van der Waals surface area (Å²) < 4.78 is 5.31. The molecule has 1 atom stereocenters. The average molecular weight is 313 g/mol. The third kappa shape index (κ3) is 2.53. The second-order valence-electron chi connectivity index (χ2n) is 4.03. The standard InChI is InChI=1S/C12H13BrN2O3/c1-18-12(17)9-5-3-7-15(9)11(16)8-4-2-6-10(13)14-8/h2,4,6,9H,3,5,7H2,1H3. The van der Waals surface area contributed by atoms with Crippen LogP contribution in [0.5, 0.6) is 0 Å². The van der Waals surface area contributed by atoms with E-state index in [0.717, 1.165) is 6.42 Å². The first-order valence-electron chi connectivity index (χ1n) is 5.65. The van der Waals surface area contributed by atoms with Gasteiger partial charge in [-0.2, -0.15) is 0 Å². The van der Waals surface area contributed by atoms with Crippen LogP contribution in [0, 0.1) is 0 Å². The van der Waals surface area contributed by atoms with Gasteiger partial charge in [-0.1, -0.05) is 6.07 Å². The highest BCUT2D eigenvalue weighted by Gasteiger charge is 2.35. The summed E-state index contributed by atoms with van der Waals surface area (Å²) in [6, 6.07) is 4.65. The van der Waals surface area contributed by atoms with Gasteiger partial charge in [-0.25, -0.2) is 9.78 Å². The number of likely N-dealkylation sites (tertiary alicyclic amines) is 1. The molecule has 0 aromatic carbocycles. The maximum absolute atomic E-state index is 12.3. The summed E-state index contributed by atoms with van der Waals surface area (Å²) in [6.45, 7) is 0.562. The van der Waals surface area contributed by atoms with Crippen LogP contribution in [0.2, 0.25) is 0 Å². The van der Waals surface area contributed by atoms with Crippen molar-refractivity contribution in [2.24, 2.45) is 0 Å². The number of carbonyl (C=O) groups is 2. The lowest BCUT2D eigenvalue weighted by molar-refractivity contribution is -0.145. The Morgan fingerprint density at radius 3 is 2.94 bits per heavy atom. The van der Waals surface area contributed by atoms with Crippen LogP contribution in [0.1, 0.15) is 23.3 Å². The molecule has 18 heavy (non-hydrogen) atoms. The van der Waals surface area contributed by atoms with E-state index in [9.17, 15) is 9.59 Å². The molecule has 0 aliphatic carbocycles. The molecule has 1 amide bonds. The number of ether oxygens (including phenoxy) is 1. The van der Waals surface area contributed by atoms with Crippen LogP contribution in [-0.2, 0) is 9.53 Å². The SMILES string of the molecule is COC(=O)C1CCCN1C(=O)c1cccc(Br)n1. The number of rotatable bonds is 2. The highest BCUT2D eigenvalue weighted by atomic mass is 79.9. The molecular weight excluding hydrogens is 300 g/mol. The lowest BCUT2D eigenvalue weighted by atomic mass is 10.2. The fourth-order valence-electron chi connectivity index (χ4n) is 2.07. The van der Waals surface area contributed by atoms with Gasteiger partial charge in [0.1, 0.15) is 16.3 Å². The summed E-state index contributed by atoms with van der Waals surface area (Å²) >= 11 is 3.22. The molecule has 2 rings (SSSR count). The molecule has 1 aromatic heterocycles. The number of hydrogen-bond donors (Lipinski definition) is 0. The second kappa shape index (κ2) is 5.48. The van der Waals surface area contributed by atoms with Crippen LogP contribution in [0.15, 0.2) is 22.8 Å². The molecule has 96 valence electrons. The first-order chi connectivity index (χ1) is 8.63. The summed E-state index contributed by atoms with van der Waals surface area (Å²) in [5.74, 6) is -0.597. The number of halogens is 1. The molecule has 0 N–H and O–H groups in total. The van der Waals surface area contributed by atoms with Gasteiger partial charge >= 0.3 is 5.97 Å². The fourth-order valence-corrected chi connectivity index (χ4v) is 2.41. The van der Waals surface area contributed by atoms with E-state index >= 15 is 0 Å². The predicted octanol–water partition coefficient (Wildman–Crippen LogP) is 1.62. The monoisotopic (exact) mass is 312 g/mol. The van der Waals surface area contributed by atoms with Crippen LogP contribution in [0.25, 0.3) is 0 Å². The van der Waals surface area contributed by atoms with Crippen molar-refractivity contribution < 1.29 is 14.3 Å². The molecule has 0 spiro atoms. The van der Waals surface area contributed by atoms with E-state index < -0.39 is 6.04 Å². The molecule has 1 aliphatic heterocycles. The summed E-state index contributed by atoms with van der Waals surface area (Å²) in [6.07, 6.45) is 1.45. The van der Waals surface area contributed by atoms with E-state index in [1.54, 1.807) is 18.2 Å². The number of carbonyl (C=O) groups excluding carboxylic acids is 2. The van der Waals surface area contributed by atoms with E-state index in [0.29, 0.717) is 23.3 Å². The van der Waals surface area contributed by atoms with Crippen LogP contribution in [0.4, 0.5) is 0 Å². The molecule has 1 aromatic rings. The first-order valence-corrected chi connectivity index (χ1v) is 6.44. The maximum atomic E-state index is 12.3. The maximum Gasteiger partial charge on any atom is 0.328 e. The van der Waals surface area contributed by atoms with Crippen LogP contribution < -0.4 is 0 Å². The Kier molecular flexibility index (Phi) is 3.96.